The monoisotopic (exact) mass is 311 g/mol. The van der Waals surface area contributed by atoms with Gasteiger partial charge in [0.1, 0.15) is 0 Å². The van der Waals surface area contributed by atoms with E-state index in [1.807, 2.05) is 0 Å². The molecule has 1 saturated carbocycles. The number of β-amino-alcohol motifs (C(OH)–C–C–N with tert-alkyl or cyclic N) is 1. The summed E-state index contributed by atoms with van der Waals surface area (Å²) in [5, 5.41) is 10.2. The number of aliphatic hydroxyl groups excluding tert-OH is 1. The third-order valence-corrected chi connectivity index (χ3v) is 5.59. The van der Waals surface area contributed by atoms with Gasteiger partial charge in [0.2, 0.25) is 0 Å². The average Bonchev–Trinajstić information content (AvgIpc) is 2.73. The fourth-order valence-corrected chi connectivity index (χ4v) is 4.01. The molecular formula is C19H37NO2. The van der Waals surface area contributed by atoms with Gasteiger partial charge in [0.15, 0.2) is 0 Å². The molecule has 0 aromatic heterocycles. The van der Waals surface area contributed by atoms with Gasteiger partial charge in [0.05, 0.1) is 18.8 Å². The van der Waals surface area contributed by atoms with Crippen molar-refractivity contribution >= 4 is 0 Å². The van der Waals surface area contributed by atoms with E-state index in [1.165, 1.54) is 51.4 Å². The molecule has 2 fully saturated rings. The maximum absolute atomic E-state index is 10.2. The van der Waals surface area contributed by atoms with Crippen LogP contribution in [-0.4, -0.2) is 48.5 Å². The lowest BCUT2D eigenvalue weighted by Crippen LogP contribution is -2.37. The van der Waals surface area contributed by atoms with Crippen molar-refractivity contribution in [1.29, 1.82) is 0 Å². The van der Waals surface area contributed by atoms with Gasteiger partial charge in [-0.3, -0.25) is 0 Å². The predicted molar refractivity (Wildman–Crippen MR) is 92.1 cm³/mol. The van der Waals surface area contributed by atoms with Crippen molar-refractivity contribution in [2.24, 2.45) is 11.3 Å². The van der Waals surface area contributed by atoms with Gasteiger partial charge in [0, 0.05) is 6.54 Å². The van der Waals surface area contributed by atoms with E-state index in [0.29, 0.717) is 18.1 Å². The highest BCUT2D eigenvalue weighted by molar-refractivity contribution is 4.81. The first-order valence-corrected chi connectivity index (χ1v) is 9.47. The van der Waals surface area contributed by atoms with Gasteiger partial charge in [-0.25, -0.2) is 0 Å². The average molecular weight is 312 g/mol. The Kier molecular flexibility index (Phi) is 7.17. The van der Waals surface area contributed by atoms with Crippen molar-refractivity contribution in [1.82, 2.24) is 4.90 Å². The smallest absolute Gasteiger partial charge is 0.0900 e. The Hall–Kier alpha value is -0.120. The SMILES string of the molecule is CC(C)(C)C1CCC(OC[C@H](O)CN2CCCCCC2)CC1. The van der Waals surface area contributed by atoms with Crippen LogP contribution in [0.3, 0.4) is 0 Å². The van der Waals surface area contributed by atoms with Crippen LogP contribution in [0.2, 0.25) is 0 Å². The largest absolute Gasteiger partial charge is 0.389 e. The lowest BCUT2D eigenvalue weighted by Gasteiger charge is -2.37. The van der Waals surface area contributed by atoms with Crippen molar-refractivity contribution in [3.8, 4) is 0 Å². The van der Waals surface area contributed by atoms with Crippen LogP contribution in [0.1, 0.15) is 72.1 Å². The van der Waals surface area contributed by atoms with E-state index in [0.717, 1.165) is 25.6 Å². The topological polar surface area (TPSA) is 32.7 Å². The van der Waals surface area contributed by atoms with Crippen LogP contribution in [0.25, 0.3) is 0 Å². The van der Waals surface area contributed by atoms with E-state index in [9.17, 15) is 5.11 Å². The summed E-state index contributed by atoms with van der Waals surface area (Å²) in [6.45, 7) is 10.7. The van der Waals surface area contributed by atoms with Crippen LogP contribution in [0.4, 0.5) is 0 Å². The van der Waals surface area contributed by atoms with Crippen molar-refractivity contribution in [2.75, 3.05) is 26.2 Å². The Morgan fingerprint density at radius 2 is 1.59 bits per heavy atom. The third kappa shape index (κ3) is 6.17. The molecule has 0 unspecified atom stereocenters. The van der Waals surface area contributed by atoms with E-state index in [-0.39, 0.29) is 6.10 Å². The maximum atomic E-state index is 10.2. The van der Waals surface area contributed by atoms with E-state index in [4.69, 9.17) is 4.74 Å². The van der Waals surface area contributed by atoms with Crippen LogP contribution in [0, 0.1) is 11.3 Å². The number of rotatable bonds is 5. The Labute approximate surface area is 137 Å². The summed E-state index contributed by atoms with van der Waals surface area (Å²) in [4.78, 5) is 2.41. The molecule has 22 heavy (non-hydrogen) atoms. The quantitative estimate of drug-likeness (QED) is 0.837. The predicted octanol–water partition coefficient (Wildman–Crippen LogP) is 3.84. The van der Waals surface area contributed by atoms with Crippen LogP contribution >= 0.6 is 0 Å². The van der Waals surface area contributed by atoms with Crippen LogP contribution in [0.5, 0.6) is 0 Å². The second kappa shape index (κ2) is 8.65. The molecule has 1 atom stereocenters. The maximum Gasteiger partial charge on any atom is 0.0900 e. The van der Waals surface area contributed by atoms with Crippen molar-refractivity contribution in [3.05, 3.63) is 0 Å². The standard InChI is InChI=1S/C19H37NO2/c1-19(2,3)16-8-10-18(11-9-16)22-15-17(21)14-20-12-6-4-5-7-13-20/h16-18,21H,4-15H2,1-3H3/t16?,17-,18?/m1/s1. The molecule has 1 saturated heterocycles. The summed E-state index contributed by atoms with van der Waals surface area (Å²) >= 11 is 0. The molecule has 1 aliphatic heterocycles. The molecule has 2 rings (SSSR count). The molecule has 1 N–H and O–H groups in total. The highest BCUT2D eigenvalue weighted by atomic mass is 16.5. The highest BCUT2D eigenvalue weighted by Gasteiger charge is 2.30. The lowest BCUT2D eigenvalue weighted by molar-refractivity contribution is -0.0441. The minimum atomic E-state index is -0.321. The summed E-state index contributed by atoms with van der Waals surface area (Å²) in [5.41, 5.74) is 0.428. The van der Waals surface area contributed by atoms with Gasteiger partial charge in [-0.05, 0) is 62.9 Å². The number of aliphatic hydroxyl groups is 1. The molecule has 1 aliphatic carbocycles. The zero-order valence-corrected chi connectivity index (χ0v) is 15.0. The number of likely N-dealkylation sites (tertiary alicyclic amines) is 1. The van der Waals surface area contributed by atoms with Gasteiger partial charge in [-0.1, -0.05) is 33.6 Å². The van der Waals surface area contributed by atoms with E-state index >= 15 is 0 Å². The second-order valence-corrected chi connectivity index (χ2v) is 8.54. The molecule has 1 heterocycles. The molecule has 0 radical (unpaired) electrons. The van der Waals surface area contributed by atoms with Gasteiger partial charge in [-0.15, -0.1) is 0 Å². The van der Waals surface area contributed by atoms with E-state index in [1.54, 1.807) is 0 Å². The van der Waals surface area contributed by atoms with Crippen molar-refractivity contribution in [2.45, 2.75) is 84.3 Å². The number of ether oxygens (including phenoxy) is 1. The first-order chi connectivity index (χ1) is 10.4. The Bertz CT molecular complexity index is 297. The Morgan fingerprint density at radius 1 is 1.00 bits per heavy atom. The summed E-state index contributed by atoms with van der Waals surface area (Å²) < 4.78 is 6.00. The Balaban J connectivity index is 1.61. The zero-order chi connectivity index (χ0) is 16.0. The fourth-order valence-electron chi connectivity index (χ4n) is 4.01. The Morgan fingerprint density at radius 3 is 2.14 bits per heavy atom. The van der Waals surface area contributed by atoms with Crippen LogP contribution in [-0.2, 0) is 4.74 Å². The molecule has 0 bridgehead atoms. The first kappa shape index (κ1) is 18.2. The zero-order valence-electron chi connectivity index (χ0n) is 15.0. The molecule has 3 nitrogen and oxygen atoms in total. The van der Waals surface area contributed by atoms with E-state index < -0.39 is 0 Å². The molecule has 130 valence electrons. The summed E-state index contributed by atoms with van der Waals surface area (Å²) in [6.07, 6.45) is 10.2. The van der Waals surface area contributed by atoms with E-state index in [2.05, 4.69) is 25.7 Å². The summed E-state index contributed by atoms with van der Waals surface area (Å²) in [7, 11) is 0. The number of nitrogens with zero attached hydrogens (tertiary/aromatic N) is 1. The van der Waals surface area contributed by atoms with Gasteiger partial charge < -0.3 is 14.7 Å². The van der Waals surface area contributed by atoms with Crippen molar-refractivity contribution < 1.29 is 9.84 Å². The summed E-state index contributed by atoms with van der Waals surface area (Å²) in [6, 6.07) is 0. The third-order valence-electron chi connectivity index (χ3n) is 5.59. The molecule has 0 spiro atoms. The normalized spacial score (nSPS) is 30.0. The number of hydrogen-bond acceptors (Lipinski definition) is 3. The van der Waals surface area contributed by atoms with Gasteiger partial charge >= 0.3 is 0 Å². The molecule has 0 amide bonds. The second-order valence-electron chi connectivity index (χ2n) is 8.54. The first-order valence-electron chi connectivity index (χ1n) is 9.47. The fraction of sp³-hybridized carbons (Fsp3) is 1.00. The minimum absolute atomic E-state index is 0.321. The lowest BCUT2D eigenvalue weighted by atomic mass is 9.72. The number of hydrogen-bond donors (Lipinski definition) is 1. The highest BCUT2D eigenvalue weighted by Crippen LogP contribution is 2.38. The van der Waals surface area contributed by atoms with Crippen LogP contribution in [0.15, 0.2) is 0 Å². The van der Waals surface area contributed by atoms with Gasteiger partial charge in [0.25, 0.3) is 0 Å². The molecule has 2 aliphatic rings. The van der Waals surface area contributed by atoms with Crippen LogP contribution < -0.4 is 0 Å². The van der Waals surface area contributed by atoms with Crippen molar-refractivity contribution in [3.63, 3.8) is 0 Å². The molecule has 0 aromatic carbocycles. The molecule has 3 heteroatoms. The summed E-state index contributed by atoms with van der Waals surface area (Å²) in [5.74, 6) is 0.828. The van der Waals surface area contributed by atoms with Gasteiger partial charge in [-0.2, -0.15) is 0 Å². The molecule has 0 aromatic rings. The molecular weight excluding hydrogens is 274 g/mol. The minimum Gasteiger partial charge on any atom is -0.389 e.